The average molecular weight is 267 g/mol. The van der Waals surface area contributed by atoms with Crippen molar-refractivity contribution >= 4 is 12.6 Å². The lowest BCUT2D eigenvalue weighted by atomic mass is 9.76. The summed E-state index contributed by atoms with van der Waals surface area (Å²) in [6.07, 6.45) is 14.8. The van der Waals surface area contributed by atoms with Crippen molar-refractivity contribution in [1.82, 2.24) is 4.90 Å². The van der Waals surface area contributed by atoms with Gasteiger partial charge in [-0.2, -0.15) is 12.6 Å². The highest BCUT2D eigenvalue weighted by Crippen LogP contribution is 2.47. The summed E-state index contributed by atoms with van der Waals surface area (Å²) in [5, 5.41) is 0. The van der Waals surface area contributed by atoms with E-state index in [0.717, 1.165) is 11.2 Å². The van der Waals surface area contributed by atoms with Gasteiger partial charge in [0.2, 0.25) is 0 Å². The van der Waals surface area contributed by atoms with Crippen molar-refractivity contribution < 1.29 is 0 Å². The number of hydrogen-bond donors (Lipinski definition) is 1. The molecule has 0 N–H and O–H groups in total. The lowest BCUT2D eigenvalue weighted by Gasteiger charge is -2.43. The maximum Gasteiger partial charge on any atom is 0.00458 e. The van der Waals surface area contributed by atoms with Crippen LogP contribution >= 0.6 is 12.6 Å². The van der Waals surface area contributed by atoms with Crippen LogP contribution in [0.2, 0.25) is 0 Å². The van der Waals surface area contributed by atoms with Crippen molar-refractivity contribution in [3.63, 3.8) is 0 Å². The molecule has 2 saturated carbocycles. The van der Waals surface area contributed by atoms with Crippen molar-refractivity contribution in [3.05, 3.63) is 0 Å². The second kappa shape index (κ2) is 5.36. The quantitative estimate of drug-likeness (QED) is 0.752. The molecule has 3 fully saturated rings. The highest BCUT2D eigenvalue weighted by molar-refractivity contribution is 7.80. The van der Waals surface area contributed by atoms with E-state index in [0.29, 0.717) is 5.41 Å². The second-order valence-electron chi connectivity index (χ2n) is 7.35. The lowest BCUT2D eigenvalue weighted by molar-refractivity contribution is 0.0765. The SMILES string of the molecule is SCC1(CN2CCC3(CCCC3)CC2)CCCC1. The maximum absolute atomic E-state index is 4.66. The van der Waals surface area contributed by atoms with E-state index >= 15 is 0 Å². The van der Waals surface area contributed by atoms with Gasteiger partial charge in [0.25, 0.3) is 0 Å². The van der Waals surface area contributed by atoms with Crippen LogP contribution in [0.4, 0.5) is 0 Å². The molecule has 0 radical (unpaired) electrons. The van der Waals surface area contributed by atoms with Crippen LogP contribution < -0.4 is 0 Å². The highest BCUT2D eigenvalue weighted by Gasteiger charge is 2.40. The number of thiol groups is 1. The first-order valence-corrected chi connectivity index (χ1v) is 8.73. The summed E-state index contributed by atoms with van der Waals surface area (Å²) in [6, 6.07) is 0. The largest absolute Gasteiger partial charge is 0.303 e. The third kappa shape index (κ3) is 2.60. The molecule has 0 aromatic rings. The molecule has 104 valence electrons. The van der Waals surface area contributed by atoms with Crippen molar-refractivity contribution in [2.75, 3.05) is 25.4 Å². The molecular weight excluding hydrogens is 238 g/mol. The van der Waals surface area contributed by atoms with Crippen molar-refractivity contribution in [2.45, 2.75) is 64.2 Å². The molecule has 3 aliphatic rings. The van der Waals surface area contributed by atoms with E-state index in [1.165, 1.54) is 83.8 Å². The zero-order valence-electron chi connectivity index (χ0n) is 11.8. The molecule has 0 unspecified atom stereocenters. The van der Waals surface area contributed by atoms with Crippen LogP contribution in [0.5, 0.6) is 0 Å². The van der Waals surface area contributed by atoms with E-state index < -0.39 is 0 Å². The smallest absolute Gasteiger partial charge is 0.00458 e. The Kier molecular flexibility index (Phi) is 3.96. The number of nitrogens with zero attached hydrogens (tertiary/aromatic N) is 1. The first-order valence-electron chi connectivity index (χ1n) is 8.09. The van der Waals surface area contributed by atoms with Gasteiger partial charge in [-0.3, -0.25) is 0 Å². The molecule has 18 heavy (non-hydrogen) atoms. The normalized spacial score (nSPS) is 31.2. The molecule has 2 aliphatic carbocycles. The molecule has 1 heterocycles. The zero-order chi connectivity index (χ0) is 12.5. The highest BCUT2D eigenvalue weighted by atomic mass is 32.1. The Hall–Kier alpha value is 0.310. The van der Waals surface area contributed by atoms with Crippen LogP contribution in [0, 0.1) is 10.8 Å². The maximum atomic E-state index is 4.66. The summed E-state index contributed by atoms with van der Waals surface area (Å²) < 4.78 is 0. The number of rotatable bonds is 3. The molecule has 0 bridgehead atoms. The lowest BCUT2D eigenvalue weighted by Crippen LogP contribution is -2.44. The fraction of sp³-hybridized carbons (Fsp3) is 1.00. The molecule has 0 amide bonds. The van der Waals surface area contributed by atoms with Crippen LogP contribution in [0.1, 0.15) is 64.2 Å². The molecule has 1 saturated heterocycles. The molecular formula is C16H29NS. The van der Waals surface area contributed by atoms with E-state index in [1.807, 2.05) is 0 Å². The van der Waals surface area contributed by atoms with Crippen molar-refractivity contribution in [2.24, 2.45) is 10.8 Å². The van der Waals surface area contributed by atoms with Gasteiger partial charge >= 0.3 is 0 Å². The van der Waals surface area contributed by atoms with Crippen LogP contribution in [0.25, 0.3) is 0 Å². The Bertz CT molecular complexity index is 267. The first-order chi connectivity index (χ1) is 8.76. The van der Waals surface area contributed by atoms with E-state index in [-0.39, 0.29) is 0 Å². The van der Waals surface area contributed by atoms with Crippen LogP contribution in [-0.2, 0) is 0 Å². The number of hydrogen-bond acceptors (Lipinski definition) is 2. The van der Waals surface area contributed by atoms with Gasteiger partial charge in [-0.05, 0) is 68.2 Å². The Balaban J connectivity index is 1.53. The Labute approximate surface area is 118 Å². The van der Waals surface area contributed by atoms with Crippen LogP contribution in [-0.4, -0.2) is 30.3 Å². The average Bonchev–Trinajstić information content (AvgIpc) is 3.03. The van der Waals surface area contributed by atoms with Crippen LogP contribution in [0.15, 0.2) is 0 Å². The van der Waals surface area contributed by atoms with E-state index in [9.17, 15) is 0 Å². The topological polar surface area (TPSA) is 3.24 Å². The van der Waals surface area contributed by atoms with Crippen molar-refractivity contribution in [3.8, 4) is 0 Å². The molecule has 1 spiro atoms. The monoisotopic (exact) mass is 267 g/mol. The minimum Gasteiger partial charge on any atom is -0.303 e. The Morgan fingerprint density at radius 3 is 1.89 bits per heavy atom. The molecule has 0 aromatic heterocycles. The summed E-state index contributed by atoms with van der Waals surface area (Å²) in [4.78, 5) is 2.77. The summed E-state index contributed by atoms with van der Waals surface area (Å²) in [7, 11) is 0. The van der Waals surface area contributed by atoms with Gasteiger partial charge < -0.3 is 4.90 Å². The first kappa shape index (κ1) is 13.3. The van der Waals surface area contributed by atoms with Gasteiger partial charge in [0.1, 0.15) is 0 Å². The zero-order valence-corrected chi connectivity index (χ0v) is 12.7. The molecule has 2 heteroatoms. The van der Waals surface area contributed by atoms with Gasteiger partial charge in [-0.1, -0.05) is 25.7 Å². The molecule has 1 aliphatic heterocycles. The van der Waals surface area contributed by atoms with E-state index in [2.05, 4.69) is 17.5 Å². The molecule has 0 aromatic carbocycles. The second-order valence-corrected chi connectivity index (χ2v) is 7.66. The Morgan fingerprint density at radius 1 is 0.778 bits per heavy atom. The van der Waals surface area contributed by atoms with Gasteiger partial charge in [0, 0.05) is 6.54 Å². The number of piperidine rings is 1. The number of likely N-dealkylation sites (tertiary alicyclic amines) is 1. The fourth-order valence-corrected chi connectivity index (χ4v) is 5.19. The predicted octanol–water partition coefficient (Wildman–Crippen LogP) is 4.13. The van der Waals surface area contributed by atoms with Crippen LogP contribution in [0.3, 0.4) is 0 Å². The standard InChI is InChI=1S/C16H29NS/c18-14-16(7-3-4-8-16)13-17-11-9-15(10-12-17)5-1-2-6-15/h18H,1-14H2. The van der Waals surface area contributed by atoms with Gasteiger partial charge in [0.05, 0.1) is 0 Å². The summed E-state index contributed by atoms with van der Waals surface area (Å²) in [6.45, 7) is 4.08. The van der Waals surface area contributed by atoms with Gasteiger partial charge in [-0.15, -0.1) is 0 Å². The Morgan fingerprint density at radius 2 is 1.33 bits per heavy atom. The molecule has 1 nitrogen and oxygen atoms in total. The van der Waals surface area contributed by atoms with E-state index in [1.54, 1.807) is 0 Å². The van der Waals surface area contributed by atoms with Gasteiger partial charge in [0.15, 0.2) is 0 Å². The van der Waals surface area contributed by atoms with Gasteiger partial charge in [-0.25, -0.2) is 0 Å². The minimum atomic E-state index is 0.573. The molecule has 3 rings (SSSR count). The fourth-order valence-electron chi connectivity index (χ4n) is 4.78. The summed E-state index contributed by atoms with van der Waals surface area (Å²) in [5.74, 6) is 1.11. The van der Waals surface area contributed by atoms with Crippen molar-refractivity contribution in [1.29, 1.82) is 0 Å². The minimum absolute atomic E-state index is 0.573. The summed E-state index contributed by atoms with van der Waals surface area (Å²) in [5.41, 5.74) is 1.35. The molecule has 0 atom stereocenters. The van der Waals surface area contributed by atoms with E-state index in [4.69, 9.17) is 0 Å². The third-order valence-corrected chi connectivity index (χ3v) is 6.81. The summed E-state index contributed by atoms with van der Waals surface area (Å²) >= 11 is 4.66. The predicted molar refractivity (Wildman–Crippen MR) is 81.3 cm³/mol. The third-order valence-electron chi connectivity index (χ3n) is 6.14.